The van der Waals surface area contributed by atoms with E-state index >= 15 is 0 Å². The molecular weight excluding hydrogens is 241 g/mol. The van der Waals surface area contributed by atoms with Crippen LogP contribution in [0.5, 0.6) is 5.75 Å². The molecule has 6 nitrogen and oxygen atoms in total. The summed E-state index contributed by atoms with van der Waals surface area (Å²) in [5.41, 5.74) is 4.17. The molecule has 1 atom stereocenters. The van der Waals surface area contributed by atoms with Crippen molar-refractivity contribution >= 4 is 5.69 Å². The molecule has 0 fully saturated rings. The number of hydrogen-bond acceptors (Lipinski definition) is 5. The Morgan fingerprint density at radius 3 is 2.83 bits per heavy atom. The van der Waals surface area contributed by atoms with E-state index in [1.165, 1.54) is 13.0 Å². The van der Waals surface area contributed by atoms with E-state index in [4.69, 9.17) is 15.7 Å². The highest BCUT2D eigenvalue weighted by Gasteiger charge is 2.18. The van der Waals surface area contributed by atoms with Gasteiger partial charge in [-0.25, -0.2) is 4.39 Å². The molecule has 0 aliphatic carbocycles. The van der Waals surface area contributed by atoms with Crippen LogP contribution < -0.4 is 10.5 Å². The highest BCUT2D eigenvalue weighted by Crippen LogP contribution is 2.22. The highest BCUT2D eigenvalue weighted by molar-refractivity contribution is 5.37. The second-order valence-electron chi connectivity index (χ2n) is 4.00. The highest BCUT2D eigenvalue weighted by atomic mass is 19.1. The van der Waals surface area contributed by atoms with Crippen LogP contribution in [0.15, 0.2) is 18.2 Å². The molecule has 1 aromatic rings. The van der Waals surface area contributed by atoms with Crippen LogP contribution in [0.3, 0.4) is 0 Å². The lowest BCUT2D eigenvalue weighted by atomic mass is 10.0. The third-order valence-electron chi connectivity index (χ3n) is 2.26. The molecule has 0 spiro atoms. The third kappa shape index (κ3) is 3.68. The maximum absolute atomic E-state index is 13.4. The summed E-state index contributed by atoms with van der Waals surface area (Å²) in [6.07, 6.45) is 0.222. The zero-order valence-corrected chi connectivity index (χ0v) is 9.72. The lowest BCUT2D eigenvalue weighted by Crippen LogP contribution is -2.35. The molecule has 0 amide bonds. The number of hydrogen-bond donors (Lipinski definition) is 1. The normalized spacial score (nSPS) is 13.4. The molecule has 1 unspecified atom stereocenters. The number of nitrogens with zero attached hydrogens (tertiary/aromatic N) is 2. The molecule has 7 heteroatoms. The first kappa shape index (κ1) is 13.9. The topological polar surface area (TPSA) is 102 Å². The van der Waals surface area contributed by atoms with Crippen LogP contribution in [-0.2, 0) is 0 Å². The van der Waals surface area contributed by atoms with Crippen molar-refractivity contribution in [3.63, 3.8) is 0 Å². The molecule has 0 saturated carbocycles. The summed E-state index contributed by atoms with van der Waals surface area (Å²) < 4.78 is 18.5. The number of nitro groups is 1. The molecule has 0 heterocycles. The van der Waals surface area contributed by atoms with Gasteiger partial charge >= 0.3 is 0 Å². The second-order valence-corrected chi connectivity index (χ2v) is 4.00. The van der Waals surface area contributed by atoms with Crippen LogP contribution in [0.2, 0.25) is 0 Å². The van der Waals surface area contributed by atoms with Gasteiger partial charge in [-0.3, -0.25) is 10.1 Å². The van der Waals surface area contributed by atoms with Crippen LogP contribution in [0, 0.1) is 27.3 Å². The Morgan fingerprint density at radius 2 is 2.33 bits per heavy atom. The number of nitrogens with two attached hydrogens (primary N) is 1. The van der Waals surface area contributed by atoms with Crippen LogP contribution in [0.25, 0.3) is 0 Å². The third-order valence-corrected chi connectivity index (χ3v) is 2.26. The van der Waals surface area contributed by atoms with E-state index < -0.39 is 16.3 Å². The predicted molar refractivity (Wildman–Crippen MR) is 61.4 cm³/mol. The second kappa shape index (κ2) is 5.42. The minimum Gasteiger partial charge on any atom is -0.490 e. The Morgan fingerprint density at radius 1 is 1.67 bits per heavy atom. The van der Waals surface area contributed by atoms with E-state index in [1.807, 2.05) is 6.07 Å². The fraction of sp³-hybridized carbons (Fsp3) is 0.364. The van der Waals surface area contributed by atoms with Gasteiger partial charge < -0.3 is 10.5 Å². The van der Waals surface area contributed by atoms with Gasteiger partial charge in [-0.15, -0.1) is 0 Å². The number of nitro benzene ring substituents is 1. The Bertz CT molecular complexity index is 497. The molecule has 0 radical (unpaired) electrons. The zero-order valence-electron chi connectivity index (χ0n) is 9.72. The number of ether oxygens (including phenoxy) is 1. The van der Waals surface area contributed by atoms with Crippen molar-refractivity contribution in [2.75, 3.05) is 6.61 Å². The molecule has 1 rings (SSSR count). The molecule has 1 aromatic carbocycles. The van der Waals surface area contributed by atoms with Gasteiger partial charge in [-0.1, -0.05) is 0 Å². The van der Waals surface area contributed by atoms with Crippen LogP contribution >= 0.6 is 0 Å². The van der Waals surface area contributed by atoms with Crippen molar-refractivity contribution in [3.8, 4) is 11.8 Å². The number of nitriles is 1. The Kier molecular flexibility index (Phi) is 4.18. The van der Waals surface area contributed by atoms with Gasteiger partial charge in [0, 0.05) is 12.5 Å². The molecule has 96 valence electrons. The van der Waals surface area contributed by atoms with Crippen molar-refractivity contribution in [1.29, 1.82) is 5.26 Å². The van der Waals surface area contributed by atoms with Gasteiger partial charge in [0.2, 0.25) is 0 Å². The van der Waals surface area contributed by atoms with E-state index in [2.05, 4.69) is 0 Å². The maximum Gasteiger partial charge on any atom is 0.272 e. The fourth-order valence-corrected chi connectivity index (χ4v) is 1.15. The van der Waals surface area contributed by atoms with Crippen molar-refractivity contribution in [2.45, 2.75) is 18.9 Å². The molecule has 0 aliphatic heterocycles. The summed E-state index contributed by atoms with van der Waals surface area (Å²) in [6, 6.07) is 4.98. The minimum absolute atomic E-state index is 0.0509. The van der Waals surface area contributed by atoms with Gasteiger partial charge in [-0.2, -0.15) is 5.26 Å². The van der Waals surface area contributed by atoms with Crippen LogP contribution in [-0.4, -0.2) is 17.1 Å². The number of rotatable bonds is 5. The molecule has 0 aromatic heterocycles. The summed E-state index contributed by atoms with van der Waals surface area (Å²) in [6.45, 7) is 1.58. The number of halogens is 1. The Labute approximate surface area is 103 Å². The molecule has 2 N–H and O–H groups in total. The molecule has 0 saturated heterocycles. The first-order valence-electron chi connectivity index (χ1n) is 5.12. The van der Waals surface area contributed by atoms with Crippen molar-refractivity contribution < 1.29 is 14.1 Å². The van der Waals surface area contributed by atoms with E-state index in [0.29, 0.717) is 0 Å². The van der Waals surface area contributed by atoms with Crippen LogP contribution in [0.1, 0.15) is 13.3 Å². The minimum atomic E-state index is -1.04. The standard InChI is InChI=1S/C11H12FN3O3/c1-11(14,7-13)4-5-18-10-3-2-8(15(16)17)6-9(10)12/h2-3,6H,4-5,14H2,1H3. The first-order valence-corrected chi connectivity index (χ1v) is 5.12. The van der Waals surface area contributed by atoms with Gasteiger partial charge in [0.1, 0.15) is 5.54 Å². The molecule has 0 aliphatic rings. The van der Waals surface area contributed by atoms with Gasteiger partial charge in [-0.05, 0) is 13.0 Å². The van der Waals surface area contributed by atoms with Crippen molar-refractivity contribution in [3.05, 3.63) is 34.1 Å². The smallest absolute Gasteiger partial charge is 0.272 e. The van der Waals surface area contributed by atoms with Gasteiger partial charge in [0.25, 0.3) is 5.69 Å². The van der Waals surface area contributed by atoms with Gasteiger partial charge in [0.15, 0.2) is 11.6 Å². The maximum atomic E-state index is 13.4. The van der Waals surface area contributed by atoms with Crippen LogP contribution in [0.4, 0.5) is 10.1 Å². The van der Waals surface area contributed by atoms with Crippen molar-refractivity contribution in [1.82, 2.24) is 0 Å². The lowest BCUT2D eigenvalue weighted by Gasteiger charge is -2.15. The molecule has 0 bridgehead atoms. The number of non-ortho nitro benzene ring substituents is 1. The fourth-order valence-electron chi connectivity index (χ4n) is 1.15. The van der Waals surface area contributed by atoms with E-state index in [9.17, 15) is 14.5 Å². The Balaban J connectivity index is 2.65. The molecule has 18 heavy (non-hydrogen) atoms. The summed E-state index contributed by atoms with van der Waals surface area (Å²) >= 11 is 0. The zero-order chi connectivity index (χ0) is 13.8. The van der Waals surface area contributed by atoms with E-state index in [-0.39, 0.29) is 24.5 Å². The molecular formula is C11H12FN3O3. The summed E-state index contributed by atoms with van der Waals surface area (Å²) in [7, 11) is 0. The summed E-state index contributed by atoms with van der Waals surface area (Å²) in [5, 5.41) is 19.1. The monoisotopic (exact) mass is 253 g/mol. The van der Waals surface area contributed by atoms with E-state index in [0.717, 1.165) is 12.1 Å². The number of benzene rings is 1. The quantitative estimate of drug-likeness (QED) is 0.636. The van der Waals surface area contributed by atoms with E-state index in [1.54, 1.807) is 0 Å². The van der Waals surface area contributed by atoms with Gasteiger partial charge in [0.05, 0.1) is 23.7 Å². The summed E-state index contributed by atoms with van der Waals surface area (Å²) in [5.74, 6) is -0.922. The average Bonchev–Trinajstić information content (AvgIpc) is 2.31. The summed E-state index contributed by atoms with van der Waals surface area (Å²) in [4.78, 5) is 9.70. The largest absolute Gasteiger partial charge is 0.490 e. The van der Waals surface area contributed by atoms with Crippen molar-refractivity contribution in [2.24, 2.45) is 5.73 Å². The lowest BCUT2D eigenvalue weighted by molar-refractivity contribution is -0.385. The first-order chi connectivity index (χ1) is 8.35. The predicted octanol–water partition coefficient (Wildman–Crippen LogP) is 1.74. The average molecular weight is 253 g/mol. The Hall–Kier alpha value is -2.20. The SMILES string of the molecule is CC(N)(C#N)CCOc1ccc([N+](=O)[O-])cc1F.